The number of anilines is 1. The van der Waals surface area contributed by atoms with Crippen LogP contribution in [0.1, 0.15) is 25.8 Å². The molecule has 9 heteroatoms. The maximum atomic E-state index is 13.3. The van der Waals surface area contributed by atoms with Gasteiger partial charge in [0.1, 0.15) is 11.3 Å². The van der Waals surface area contributed by atoms with Crippen molar-refractivity contribution < 1.29 is 24.3 Å². The molecule has 0 atom stereocenters. The van der Waals surface area contributed by atoms with Crippen molar-refractivity contribution in [2.75, 3.05) is 18.1 Å². The second-order valence-corrected chi connectivity index (χ2v) is 8.94. The summed E-state index contributed by atoms with van der Waals surface area (Å²) in [6.07, 6.45) is 2.04. The number of carbonyl (C=O) groups is 2. The smallest absolute Gasteiger partial charge is 0.332 e. The van der Waals surface area contributed by atoms with Crippen LogP contribution in [-0.4, -0.2) is 40.7 Å². The first kappa shape index (κ1) is 23.3. The lowest BCUT2D eigenvalue weighted by atomic mass is 10.0. The molecule has 3 amide bonds. The van der Waals surface area contributed by atoms with Gasteiger partial charge in [0.05, 0.1) is 35.3 Å². The van der Waals surface area contributed by atoms with Gasteiger partial charge in [-0.05, 0) is 57.0 Å². The minimum atomic E-state index is -1.04. The molecule has 1 fully saturated rings. The average molecular weight is 480 g/mol. The first-order valence-electron chi connectivity index (χ1n) is 10.8. The Kier molecular flexibility index (Phi) is 6.07. The number of amides is 3. The van der Waals surface area contributed by atoms with Crippen LogP contribution in [0.15, 0.2) is 48.7 Å². The molecule has 2 aromatic carbocycles. The second kappa shape index (κ2) is 8.84. The quantitative estimate of drug-likeness (QED) is 0.179. The number of halogens is 1. The number of benzene rings is 2. The molecule has 0 unspecified atom stereocenters. The molecule has 8 nitrogen and oxygen atoms in total. The topological polar surface area (TPSA) is 78.3 Å². The molecule has 4 rings (SSSR count). The number of nitrogens with zero attached hydrogens (tertiary/aromatic N) is 4. The minimum absolute atomic E-state index is 0.234. The van der Waals surface area contributed by atoms with Crippen molar-refractivity contribution in [3.63, 3.8) is 0 Å². The Morgan fingerprint density at radius 2 is 1.97 bits per heavy atom. The number of aromatic nitrogens is 1. The van der Waals surface area contributed by atoms with E-state index < -0.39 is 11.6 Å². The van der Waals surface area contributed by atoms with E-state index in [1.54, 1.807) is 45.2 Å². The van der Waals surface area contributed by atoms with Crippen LogP contribution in [0.5, 0.6) is 5.75 Å². The third-order valence-electron chi connectivity index (χ3n) is 6.07. The predicted molar refractivity (Wildman–Crippen MR) is 128 cm³/mol. The van der Waals surface area contributed by atoms with E-state index >= 15 is 0 Å². The van der Waals surface area contributed by atoms with Crippen LogP contribution in [0.4, 0.5) is 16.2 Å². The normalized spacial score (nSPS) is 15.1. The lowest BCUT2D eigenvalue weighted by Crippen LogP contribution is -2.44. The maximum absolute atomic E-state index is 13.3. The molecule has 1 aromatic heterocycles. The molecule has 3 aromatic rings. The van der Waals surface area contributed by atoms with Gasteiger partial charge >= 0.3 is 6.03 Å². The Morgan fingerprint density at radius 1 is 1.21 bits per heavy atom. The summed E-state index contributed by atoms with van der Waals surface area (Å²) in [6, 6.07) is 11.7. The number of fused-ring (bicyclic) bond motifs is 1. The monoisotopic (exact) mass is 479 g/mol. The number of hydrogen-bond donors (Lipinski definition) is 1. The maximum Gasteiger partial charge on any atom is 0.332 e. The molecule has 1 N–H and O–H groups in total. The zero-order valence-corrected chi connectivity index (χ0v) is 19.8. The fourth-order valence-corrected chi connectivity index (χ4v) is 4.29. The van der Waals surface area contributed by atoms with E-state index in [1.807, 2.05) is 18.2 Å². The molecule has 1 aliphatic heterocycles. The second-order valence-electron chi connectivity index (χ2n) is 8.56. The van der Waals surface area contributed by atoms with Gasteiger partial charge in [-0.25, -0.2) is 14.5 Å². The number of ether oxygens (including phenoxy) is 1. The van der Waals surface area contributed by atoms with Gasteiger partial charge in [0.2, 0.25) is 11.9 Å². The Hall–Kier alpha value is -3.83. The zero-order chi connectivity index (χ0) is 24.6. The van der Waals surface area contributed by atoms with Gasteiger partial charge in [-0.3, -0.25) is 10.0 Å². The van der Waals surface area contributed by atoms with Gasteiger partial charge < -0.3 is 9.64 Å². The van der Waals surface area contributed by atoms with Crippen molar-refractivity contribution in [1.29, 1.82) is 0 Å². The van der Waals surface area contributed by atoms with Crippen molar-refractivity contribution in [1.82, 2.24) is 4.90 Å². The molecule has 0 saturated carbocycles. The summed E-state index contributed by atoms with van der Waals surface area (Å²) < 4.78 is 6.86. The Bertz CT molecular complexity index is 1350. The van der Waals surface area contributed by atoms with Crippen LogP contribution >= 0.6 is 11.6 Å². The minimum Gasteiger partial charge on any atom is -0.493 e. The molecule has 34 heavy (non-hydrogen) atoms. The van der Waals surface area contributed by atoms with Gasteiger partial charge in [0.25, 0.3) is 11.4 Å². The van der Waals surface area contributed by atoms with E-state index in [1.165, 1.54) is 11.0 Å². The van der Waals surface area contributed by atoms with E-state index in [9.17, 15) is 14.8 Å². The summed E-state index contributed by atoms with van der Waals surface area (Å²) in [5.74, 6) is 0.242. The van der Waals surface area contributed by atoms with Crippen LogP contribution in [-0.2, 0) is 4.79 Å². The van der Waals surface area contributed by atoms with E-state index in [2.05, 4.69) is 4.85 Å². The Morgan fingerprint density at radius 3 is 2.71 bits per heavy atom. The number of pyridine rings is 1. The van der Waals surface area contributed by atoms with E-state index in [4.69, 9.17) is 22.9 Å². The van der Waals surface area contributed by atoms with Gasteiger partial charge in [0.15, 0.2) is 0 Å². The summed E-state index contributed by atoms with van der Waals surface area (Å²) in [7, 11) is 0. The highest BCUT2D eigenvalue weighted by Crippen LogP contribution is 2.39. The van der Waals surface area contributed by atoms with Crippen molar-refractivity contribution in [2.45, 2.75) is 32.7 Å². The molecular weight excluding hydrogens is 456 g/mol. The van der Waals surface area contributed by atoms with E-state index in [-0.39, 0.29) is 16.6 Å². The largest absolute Gasteiger partial charge is 0.493 e. The van der Waals surface area contributed by atoms with Crippen LogP contribution in [0.25, 0.3) is 15.7 Å². The van der Waals surface area contributed by atoms with Crippen molar-refractivity contribution in [3.05, 3.63) is 70.7 Å². The predicted octanol–water partition coefficient (Wildman–Crippen LogP) is 4.89. The molecule has 1 saturated heterocycles. The summed E-state index contributed by atoms with van der Waals surface area (Å²) in [4.78, 5) is 32.5. The standard InChI is InChI=1S/C25H24ClN4O4/c1-16-20(11-10-19(27-4)22(16)26)30-23(31)25(2,3)28(24(30)32)12-6-14-34-18-9-8-17-7-5-13-29(33)21(17)15-18/h5,7-11,13,15,33H,6,12,14H2,1-3H3/q+1. The third-order valence-corrected chi connectivity index (χ3v) is 6.55. The van der Waals surface area contributed by atoms with Gasteiger partial charge in [-0.1, -0.05) is 17.7 Å². The van der Waals surface area contributed by atoms with Crippen molar-refractivity contribution >= 4 is 45.8 Å². The van der Waals surface area contributed by atoms with Crippen molar-refractivity contribution in [2.24, 2.45) is 0 Å². The summed E-state index contributed by atoms with van der Waals surface area (Å²) in [6.45, 7) is 12.9. The fraction of sp³-hybridized carbons (Fsp3) is 0.280. The third kappa shape index (κ3) is 3.88. The lowest BCUT2D eigenvalue weighted by Gasteiger charge is -2.27. The fourth-order valence-electron chi connectivity index (χ4n) is 4.09. The SMILES string of the molecule is [C-]#[N+]c1ccc(N2C(=O)N(CCCOc3ccc4ccc[n+](O)c4c3)C(C)(C)C2=O)c(C)c1Cl. The number of carbonyl (C=O) groups excluding carboxylic acids is 2. The number of hydrogen-bond acceptors (Lipinski definition) is 4. The van der Waals surface area contributed by atoms with Gasteiger partial charge in [-0.2, -0.15) is 0 Å². The van der Waals surface area contributed by atoms with Crippen molar-refractivity contribution in [3.8, 4) is 5.75 Å². The molecule has 0 aliphatic carbocycles. The Labute approximate surface area is 202 Å². The molecule has 2 heterocycles. The first-order chi connectivity index (χ1) is 16.2. The number of imide groups is 1. The average Bonchev–Trinajstić information content (AvgIpc) is 2.98. The van der Waals surface area contributed by atoms with Crippen LogP contribution in [0.2, 0.25) is 5.02 Å². The highest BCUT2D eigenvalue weighted by atomic mass is 35.5. The van der Waals surface area contributed by atoms with E-state index in [0.717, 1.165) is 15.0 Å². The number of rotatable bonds is 6. The summed E-state index contributed by atoms with van der Waals surface area (Å²) in [5.41, 5.74) is 0.744. The van der Waals surface area contributed by atoms with Crippen LogP contribution in [0.3, 0.4) is 0 Å². The molecule has 0 bridgehead atoms. The molecule has 174 valence electrons. The van der Waals surface area contributed by atoms with Crippen LogP contribution in [0, 0.1) is 13.5 Å². The van der Waals surface area contributed by atoms with Gasteiger partial charge in [0, 0.05) is 17.3 Å². The van der Waals surface area contributed by atoms with Gasteiger partial charge in [-0.15, -0.1) is 0 Å². The van der Waals surface area contributed by atoms with E-state index in [0.29, 0.717) is 42.1 Å². The highest BCUT2D eigenvalue weighted by Gasteiger charge is 2.51. The molecule has 0 spiro atoms. The molecular formula is C25H24ClN4O4+. The lowest BCUT2D eigenvalue weighted by molar-refractivity contribution is -0.884. The molecule has 1 aliphatic rings. The van der Waals surface area contributed by atoms with Crippen LogP contribution < -0.4 is 14.4 Å². The Balaban J connectivity index is 1.46. The number of urea groups is 1. The zero-order valence-electron chi connectivity index (χ0n) is 19.1. The first-order valence-corrected chi connectivity index (χ1v) is 11.1. The summed E-state index contributed by atoms with van der Waals surface area (Å²) >= 11 is 6.28. The highest BCUT2D eigenvalue weighted by molar-refractivity contribution is 6.35. The molecule has 0 radical (unpaired) electrons. The summed E-state index contributed by atoms with van der Waals surface area (Å²) in [5, 5.41) is 11.1.